The third kappa shape index (κ3) is 4.63. The first-order chi connectivity index (χ1) is 8.54. The fraction of sp³-hybridized carbons (Fsp3) is 0.462. The lowest BCUT2D eigenvalue weighted by Crippen LogP contribution is -2.27. The number of ether oxygens (including phenoxy) is 1. The summed E-state index contributed by atoms with van der Waals surface area (Å²) >= 11 is 5.92. The zero-order valence-corrected chi connectivity index (χ0v) is 11.3. The molecule has 0 radical (unpaired) electrons. The second kappa shape index (κ2) is 7.34. The Morgan fingerprint density at radius 3 is 2.89 bits per heavy atom. The van der Waals surface area contributed by atoms with E-state index < -0.39 is 0 Å². The molecule has 1 N–H and O–H groups in total. The second-order valence-corrected chi connectivity index (χ2v) is 4.68. The SMILES string of the molecule is COCC(Cl)CCNC(=O)c1ccc(C)c(F)c1. The average Bonchev–Trinajstić information content (AvgIpc) is 2.33. The van der Waals surface area contributed by atoms with Gasteiger partial charge in [0.1, 0.15) is 5.82 Å². The van der Waals surface area contributed by atoms with E-state index in [9.17, 15) is 9.18 Å². The number of aryl methyl sites for hydroxylation is 1. The Kier molecular flexibility index (Phi) is 6.09. The molecule has 18 heavy (non-hydrogen) atoms. The quantitative estimate of drug-likeness (QED) is 0.809. The number of hydrogen-bond acceptors (Lipinski definition) is 2. The minimum absolute atomic E-state index is 0.134. The Hall–Kier alpha value is -1.13. The maximum absolute atomic E-state index is 13.3. The molecule has 100 valence electrons. The molecular formula is C13H17ClFNO2. The minimum atomic E-state index is -0.378. The number of alkyl halides is 1. The first-order valence-electron chi connectivity index (χ1n) is 5.72. The molecule has 1 aromatic rings. The molecule has 3 nitrogen and oxygen atoms in total. The summed E-state index contributed by atoms with van der Waals surface area (Å²) in [6, 6.07) is 4.42. The van der Waals surface area contributed by atoms with Crippen LogP contribution in [0, 0.1) is 12.7 Å². The second-order valence-electron chi connectivity index (χ2n) is 4.06. The van der Waals surface area contributed by atoms with Crippen molar-refractivity contribution in [2.75, 3.05) is 20.3 Å². The third-order valence-electron chi connectivity index (χ3n) is 2.52. The number of rotatable bonds is 6. The van der Waals surface area contributed by atoms with E-state index in [2.05, 4.69) is 5.32 Å². The van der Waals surface area contributed by atoms with E-state index in [4.69, 9.17) is 16.3 Å². The van der Waals surface area contributed by atoms with Crippen molar-refractivity contribution in [3.8, 4) is 0 Å². The highest BCUT2D eigenvalue weighted by atomic mass is 35.5. The van der Waals surface area contributed by atoms with Gasteiger partial charge in [-0.2, -0.15) is 0 Å². The van der Waals surface area contributed by atoms with Crippen molar-refractivity contribution in [1.29, 1.82) is 0 Å². The van der Waals surface area contributed by atoms with Crippen LogP contribution in [0.5, 0.6) is 0 Å². The highest BCUT2D eigenvalue weighted by Crippen LogP contribution is 2.09. The first-order valence-corrected chi connectivity index (χ1v) is 6.15. The number of carbonyl (C=O) groups excluding carboxylic acids is 1. The largest absolute Gasteiger partial charge is 0.383 e. The molecule has 1 rings (SSSR count). The van der Waals surface area contributed by atoms with Gasteiger partial charge < -0.3 is 10.1 Å². The Labute approximate surface area is 111 Å². The molecule has 0 fully saturated rings. The van der Waals surface area contributed by atoms with Gasteiger partial charge in [-0.15, -0.1) is 11.6 Å². The van der Waals surface area contributed by atoms with Crippen molar-refractivity contribution in [3.05, 3.63) is 35.1 Å². The van der Waals surface area contributed by atoms with Gasteiger partial charge in [-0.3, -0.25) is 4.79 Å². The van der Waals surface area contributed by atoms with Crippen LogP contribution in [-0.4, -0.2) is 31.5 Å². The molecule has 0 aliphatic rings. The maximum atomic E-state index is 13.3. The summed E-state index contributed by atoms with van der Waals surface area (Å²) < 4.78 is 18.2. The lowest BCUT2D eigenvalue weighted by molar-refractivity contribution is 0.0951. The van der Waals surface area contributed by atoms with E-state index in [1.807, 2.05) is 0 Å². The lowest BCUT2D eigenvalue weighted by Gasteiger charge is -2.09. The summed E-state index contributed by atoms with van der Waals surface area (Å²) in [5.74, 6) is -0.674. The van der Waals surface area contributed by atoms with Crippen molar-refractivity contribution in [1.82, 2.24) is 5.32 Å². The highest BCUT2D eigenvalue weighted by molar-refractivity contribution is 6.20. The van der Waals surface area contributed by atoms with Gasteiger partial charge in [-0.05, 0) is 31.0 Å². The van der Waals surface area contributed by atoms with Gasteiger partial charge in [0.05, 0.1) is 12.0 Å². The summed E-state index contributed by atoms with van der Waals surface area (Å²) in [5.41, 5.74) is 0.837. The smallest absolute Gasteiger partial charge is 0.251 e. The van der Waals surface area contributed by atoms with E-state index in [0.717, 1.165) is 0 Å². The number of methoxy groups -OCH3 is 1. The van der Waals surface area contributed by atoms with E-state index in [0.29, 0.717) is 30.7 Å². The van der Waals surface area contributed by atoms with Crippen LogP contribution in [0.4, 0.5) is 4.39 Å². The van der Waals surface area contributed by atoms with E-state index >= 15 is 0 Å². The van der Waals surface area contributed by atoms with E-state index in [1.165, 1.54) is 6.07 Å². The maximum Gasteiger partial charge on any atom is 0.251 e. The molecule has 0 aliphatic heterocycles. The standard InChI is InChI=1S/C13H17ClFNO2/c1-9-3-4-10(7-12(9)15)13(17)16-6-5-11(14)8-18-2/h3-4,7,11H,5-6,8H2,1-2H3,(H,16,17). The number of hydrogen-bond donors (Lipinski definition) is 1. The molecule has 5 heteroatoms. The zero-order valence-electron chi connectivity index (χ0n) is 10.5. The fourth-order valence-corrected chi connectivity index (χ4v) is 1.68. The predicted molar refractivity (Wildman–Crippen MR) is 69.6 cm³/mol. The average molecular weight is 274 g/mol. The van der Waals surface area contributed by atoms with Crippen molar-refractivity contribution in [3.63, 3.8) is 0 Å². The van der Waals surface area contributed by atoms with Crippen molar-refractivity contribution in [2.24, 2.45) is 0 Å². The van der Waals surface area contributed by atoms with Gasteiger partial charge in [0.25, 0.3) is 5.91 Å². The Bertz CT molecular complexity index is 412. The Balaban J connectivity index is 2.43. The van der Waals surface area contributed by atoms with Crippen LogP contribution in [0.3, 0.4) is 0 Å². The number of benzene rings is 1. The van der Waals surface area contributed by atoms with Crippen LogP contribution >= 0.6 is 11.6 Å². The van der Waals surface area contributed by atoms with Gasteiger partial charge in [0.15, 0.2) is 0 Å². The van der Waals surface area contributed by atoms with Gasteiger partial charge in [-0.25, -0.2) is 4.39 Å². The number of amides is 1. The summed E-state index contributed by atoms with van der Waals surface area (Å²) in [6.07, 6.45) is 0.607. The molecule has 1 aromatic carbocycles. The van der Waals surface area contributed by atoms with Crippen LogP contribution in [0.15, 0.2) is 18.2 Å². The molecule has 1 atom stereocenters. The molecule has 0 heterocycles. The zero-order chi connectivity index (χ0) is 13.5. The summed E-state index contributed by atoms with van der Waals surface area (Å²) in [7, 11) is 1.57. The Morgan fingerprint density at radius 2 is 2.28 bits per heavy atom. The predicted octanol–water partition coefficient (Wildman–Crippen LogP) is 2.51. The van der Waals surface area contributed by atoms with Crippen molar-refractivity contribution in [2.45, 2.75) is 18.7 Å². The molecular weight excluding hydrogens is 257 g/mol. The van der Waals surface area contributed by atoms with Crippen molar-refractivity contribution >= 4 is 17.5 Å². The summed E-state index contributed by atoms with van der Waals surface area (Å²) in [6.45, 7) is 2.53. The van der Waals surface area contributed by atoms with Crippen LogP contribution < -0.4 is 5.32 Å². The van der Waals surface area contributed by atoms with Gasteiger partial charge in [-0.1, -0.05) is 6.07 Å². The minimum Gasteiger partial charge on any atom is -0.383 e. The van der Waals surface area contributed by atoms with Crippen LogP contribution in [0.2, 0.25) is 0 Å². The van der Waals surface area contributed by atoms with Gasteiger partial charge in [0, 0.05) is 19.2 Å². The Morgan fingerprint density at radius 1 is 1.56 bits per heavy atom. The molecule has 0 aromatic heterocycles. The normalized spacial score (nSPS) is 12.2. The van der Waals surface area contributed by atoms with Gasteiger partial charge >= 0.3 is 0 Å². The van der Waals surface area contributed by atoms with Gasteiger partial charge in [0.2, 0.25) is 0 Å². The third-order valence-corrected chi connectivity index (χ3v) is 2.87. The number of carbonyl (C=O) groups is 1. The highest BCUT2D eigenvalue weighted by Gasteiger charge is 2.09. The van der Waals surface area contributed by atoms with Crippen LogP contribution in [0.25, 0.3) is 0 Å². The van der Waals surface area contributed by atoms with Crippen molar-refractivity contribution < 1.29 is 13.9 Å². The van der Waals surface area contributed by atoms with Crippen LogP contribution in [0.1, 0.15) is 22.3 Å². The van der Waals surface area contributed by atoms with E-state index in [-0.39, 0.29) is 17.1 Å². The molecule has 0 bridgehead atoms. The molecule has 0 saturated heterocycles. The molecule has 0 saturated carbocycles. The molecule has 0 spiro atoms. The lowest BCUT2D eigenvalue weighted by atomic mass is 10.1. The molecule has 0 aliphatic carbocycles. The number of nitrogens with one attached hydrogen (secondary N) is 1. The molecule has 1 unspecified atom stereocenters. The fourth-order valence-electron chi connectivity index (χ4n) is 1.44. The molecule has 1 amide bonds. The monoisotopic (exact) mass is 273 g/mol. The first kappa shape index (κ1) is 14.9. The summed E-state index contributed by atoms with van der Waals surface area (Å²) in [4.78, 5) is 11.7. The number of halogens is 2. The van der Waals surface area contributed by atoms with Crippen LogP contribution in [-0.2, 0) is 4.74 Å². The summed E-state index contributed by atoms with van der Waals surface area (Å²) in [5, 5.41) is 2.56. The topological polar surface area (TPSA) is 38.3 Å². The van der Waals surface area contributed by atoms with E-state index in [1.54, 1.807) is 26.2 Å².